The zero-order chi connectivity index (χ0) is 16.7. The van der Waals surface area contributed by atoms with Crippen LogP contribution in [0.15, 0.2) is 48.5 Å². The summed E-state index contributed by atoms with van der Waals surface area (Å²) in [6, 6.07) is 17.4. The van der Waals surface area contributed by atoms with Gasteiger partial charge in [-0.2, -0.15) is 0 Å². The normalized spacial score (nSPS) is 29.2. The number of phenols is 1. The number of aromatic hydroxyl groups is 1. The first-order chi connectivity index (χ1) is 11.6. The topological polar surface area (TPSA) is 23.5 Å². The fraction of sp³-hybridized carbons (Fsp3) is 0.455. The standard InChI is InChI=1S/C22H27NO/c1-16-21-14-18-8-9-19(24)15-20(18)22(16,2)11-13-23(21)12-10-17-6-4-3-5-7-17/h3-9,15-16,21,24H,10-14H2,1-2H3/t16-,21+,22?/m1/s1. The summed E-state index contributed by atoms with van der Waals surface area (Å²) in [6.45, 7) is 7.11. The number of nitrogens with zero attached hydrogens (tertiary/aromatic N) is 1. The zero-order valence-corrected chi connectivity index (χ0v) is 14.7. The highest BCUT2D eigenvalue weighted by Crippen LogP contribution is 2.49. The molecule has 2 aromatic rings. The summed E-state index contributed by atoms with van der Waals surface area (Å²) in [5.74, 6) is 1.03. The molecule has 1 unspecified atom stereocenters. The van der Waals surface area contributed by atoms with E-state index in [2.05, 4.69) is 55.1 Å². The predicted octanol–water partition coefficient (Wildman–Crippen LogP) is 4.16. The average Bonchev–Trinajstić information content (AvgIpc) is 2.59. The SMILES string of the molecule is C[C@@H]1[C@@H]2Cc3ccc(O)cc3C1(C)CCN2CCc1ccccc1. The van der Waals surface area contributed by atoms with E-state index in [1.165, 1.54) is 23.1 Å². The van der Waals surface area contributed by atoms with Crippen molar-refractivity contribution < 1.29 is 5.11 Å². The van der Waals surface area contributed by atoms with Gasteiger partial charge in [0.15, 0.2) is 0 Å². The van der Waals surface area contributed by atoms with E-state index in [1.54, 1.807) is 0 Å². The van der Waals surface area contributed by atoms with Gasteiger partial charge in [0.05, 0.1) is 0 Å². The third-order valence-electron chi connectivity index (χ3n) is 6.64. The van der Waals surface area contributed by atoms with E-state index in [0.29, 0.717) is 17.7 Å². The van der Waals surface area contributed by atoms with Gasteiger partial charge in [-0.3, -0.25) is 4.90 Å². The van der Waals surface area contributed by atoms with Gasteiger partial charge in [-0.25, -0.2) is 0 Å². The van der Waals surface area contributed by atoms with Gasteiger partial charge in [0.25, 0.3) is 0 Å². The van der Waals surface area contributed by atoms with Crippen LogP contribution in [0.4, 0.5) is 0 Å². The summed E-state index contributed by atoms with van der Waals surface area (Å²) in [7, 11) is 0. The summed E-state index contributed by atoms with van der Waals surface area (Å²) in [4.78, 5) is 2.70. The molecule has 2 aromatic carbocycles. The maximum atomic E-state index is 9.94. The van der Waals surface area contributed by atoms with Crippen molar-refractivity contribution in [1.82, 2.24) is 4.90 Å². The van der Waals surface area contributed by atoms with E-state index in [1.807, 2.05) is 12.1 Å². The van der Waals surface area contributed by atoms with E-state index >= 15 is 0 Å². The third-order valence-corrected chi connectivity index (χ3v) is 6.64. The Kier molecular flexibility index (Phi) is 3.88. The minimum Gasteiger partial charge on any atom is -0.508 e. The molecule has 126 valence electrons. The van der Waals surface area contributed by atoms with Crippen molar-refractivity contribution in [2.45, 2.75) is 44.6 Å². The Labute approximate surface area is 145 Å². The van der Waals surface area contributed by atoms with Crippen molar-refractivity contribution in [3.63, 3.8) is 0 Å². The van der Waals surface area contributed by atoms with E-state index < -0.39 is 0 Å². The van der Waals surface area contributed by atoms with Gasteiger partial charge < -0.3 is 5.11 Å². The minimum absolute atomic E-state index is 0.195. The average molecular weight is 321 g/mol. The van der Waals surface area contributed by atoms with Crippen LogP contribution in [0.3, 0.4) is 0 Å². The van der Waals surface area contributed by atoms with Gasteiger partial charge in [0.1, 0.15) is 5.75 Å². The Morgan fingerprint density at radius 2 is 1.96 bits per heavy atom. The first kappa shape index (κ1) is 15.7. The fourth-order valence-electron chi connectivity index (χ4n) is 4.89. The lowest BCUT2D eigenvalue weighted by Crippen LogP contribution is -2.58. The highest BCUT2D eigenvalue weighted by Gasteiger charge is 2.48. The largest absolute Gasteiger partial charge is 0.508 e. The second kappa shape index (κ2) is 5.93. The van der Waals surface area contributed by atoms with Crippen molar-refractivity contribution in [1.29, 1.82) is 0 Å². The quantitative estimate of drug-likeness (QED) is 0.917. The maximum Gasteiger partial charge on any atom is 0.115 e. The predicted molar refractivity (Wildman–Crippen MR) is 98.5 cm³/mol. The Morgan fingerprint density at radius 1 is 1.17 bits per heavy atom. The molecule has 1 heterocycles. The van der Waals surface area contributed by atoms with E-state index in [0.717, 1.165) is 25.9 Å². The Balaban J connectivity index is 1.57. The van der Waals surface area contributed by atoms with Crippen LogP contribution in [-0.4, -0.2) is 29.1 Å². The molecule has 0 amide bonds. The van der Waals surface area contributed by atoms with Crippen LogP contribution in [0.25, 0.3) is 0 Å². The van der Waals surface area contributed by atoms with Crippen LogP contribution < -0.4 is 0 Å². The Morgan fingerprint density at radius 3 is 2.75 bits per heavy atom. The lowest BCUT2D eigenvalue weighted by molar-refractivity contribution is 0.0322. The van der Waals surface area contributed by atoms with Crippen molar-refractivity contribution in [2.24, 2.45) is 5.92 Å². The molecule has 0 radical (unpaired) electrons. The second-order valence-corrected chi connectivity index (χ2v) is 7.84. The number of fused-ring (bicyclic) bond motifs is 4. The number of benzene rings is 2. The Bertz CT molecular complexity index is 726. The molecule has 1 saturated heterocycles. The molecular weight excluding hydrogens is 294 g/mol. The summed E-state index contributed by atoms with van der Waals surface area (Å²) in [5, 5.41) is 9.94. The highest BCUT2D eigenvalue weighted by atomic mass is 16.3. The van der Waals surface area contributed by atoms with Crippen LogP contribution in [0.1, 0.15) is 37.0 Å². The lowest BCUT2D eigenvalue weighted by atomic mass is 9.59. The Hall–Kier alpha value is -1.80. The minimum atomic E-state index is 0.195. The summed E-state index contributed by atoms with van der Waals surface area (Å²) < 4.78 is 0. The molecule has 2 nitrogen and oxygen atoms in total. The van der Waals surface area contributed by atoms with Crippen molar-refractivity contribution in [2.75, 3.05) is 13.1 Å². The second-order valence-electron chi connectivity index (χ2n) is 7.84. The molecule has 1 N–H and O–H groups in total. The van der Waals surface area contributed by atoms with Crippen molar-refractivity contribution in [3.8, 4) is 5.75 Å². The van der Waals surface area contributed by atoms with Gasteiger partial charge >= 0.3 is 0 Å². The summed E-state index contributed by atoms with van der Waals surface area (Å²) in [5.41, 5.74) is 4.44. The molecule has 1 aliphatic carbocycles. The third kappa shape index (κ3) is 2.53. The van der Waals surface area contributed by atoms with Crippen LogP contribution in [0, 0.1) is 5.92 Å². The zero-order valence-electron chi connectivity index (χ0n) is 14.7. The lowest BCUT2D eigenvalue weighted by Gasteiger charge is -2.54. The van der Waals surface area contributed by atoms with E-state index in [-0.39, 0.29) is 5.41 Å². The maximum absolute atomic E-state index is 9.94. The number of hydrogen-bond donors (Lipinski definition) is 1. The molecule has 2 bridgehead atoms. The fourth-order valence-corrected chi connectivity index (χ4v) is 4.89. The van der Waals surface area contributed by atoms with Gasteiger partial charge in [0.2, 0.25) is 0 Å². The highest BCUT2D eigenvalue weighted by molar-refractivity contribution is 5.44. The summed E-state index contributed by atoms with van der Waals surface area (Å²) in [6.07, 6.45) is 3.42. The smallest absolute Gasteiger partial charge is 0.115 e. The number of phenolic OH excluding ortho intramolecular Hbond substituents is 1. The molecule has 24 heavy (non-hydrogen) atoms. The first-order valence-electron chi connectivity index (χ1n) is 9.18. The molecule has 2 aliphatic rings. The molecule has 1 fully saturated rings. The molecule has 0 saturated carbocycles. The van der Waals surface area contributed by atoms with Crippen molar-refractivity contribution >= 4 is 0 Å². The van der Waals surface area contributed by atoms with Gasteiger partial charge in [-0.05, 0) is 66.0 Å². The first-order valence-corrected chi connectivity index (χ1v) is 9.18. The van der Waals surface area contributed by atoms with E-state index in [9.17, 15) is 5.11 Å². The van der Waals surface area contributed by atoms with Crippen LogP contribution in [0.5, 0.6) is 5.75 Å². The van der Waals surface area contributed by atoms with Crippen LogP contribution in [0.2, 0.25) is 0 Å². The van der Waals surface area contributed by atoms with Crippen LogP contribution >= 0.6 is 0 Å². The number of likely N-dealkylation sites (tertiary alicyclic amines) is 1. The summed E-state index contributed by atoms with van der Waals surface area (Å²) >= 11 is 0. The number of piperidine rings is 1. The van der Waals surface area contributed by atoms with Gasteiger partial charge in [-0.15, -0.1) is 0 Å². The van der Waals surface area contributed by atoms with Crippen molar-refractivity contribution in [3.05, 3.63) is 65.2 Å². The molecule has 3 atom stereocenters. The molecule has 4 rings (SSSR count). The molecule has 1 aliphatic heterocycles. The van der Waals surface area contributed by atoms with E-state index in [4.69, 9.17) is 0 Å². The number of hydrogen-bond acceptors (Lipinski definition) is 2. The monoisotopic (exact) mass is 321 g/mol. The number of rotatable bonds is 3. The molecule has 0 spiro atoms. The van der Waals surface area contributed by atoms with Gasteiger partial charge in [-0.1, -0.05) is 50.2 Å². The van der Waals surface area contributed by atoms with Crippen LogP contribution in [-0.2, 0) is 18.3 Å². The van der Waals surface area contributed by atoms with Gasteiger partial charge in [0, 0.05) is 12.6 Å². The molecule has 2 heteroatoms. The molecular formula is C22H27NO. The molecule has 0 aromatic heterocycles.